The summed E-state index contributed by atoms with van der Waals surface area (Å²) in [5.74, 6) is -1.09. The maximum Gasteiger partial charge on any atom is 0.126 e. The van der Waals surface area contributed by atoms with Crippen molar-refractivity contribution < 1.29 is 13.5 Å². The van der Waals surface area contributed by atoms with Gasteiger partial charge in [0.1, 0.15) is 11.6 Å². The largest absolute Gasteiger partial charge is 0.383 e. The minimum atomic E-state index is -0.544. The summed E-state index contributed by atoms with van der Waals surface area (Å²) in [6.07, 6.45) is 0.541. The zero-order valence-electron chi connectivity index (χ0n) is 8.89. The van der Waals surface area contributed by atoms with E-state index in [0.717, 1.165) is 6.07 Å². The van der Waals surface area contributed by atoms with Crippen LogP contribution >= 0.6 is 0 Å². The molecular formula is C11H15F2NO. The van der Waals surface area contributed by atoms with Crippen LogP contribution in [0.4, 0.5) is 8.78 Å². The third kappa shape index (κ3) is 3.93. The van der Waals surface area contributed by atoms with Gasteiger partial charge in [0.2, 0.25) is 0 Å². The van der Waals surface area contributed by atoms with Crippen LogP contribution in [0, 0.1) is 11.6 Å². The Morgan fingerprint density at radius 2 is 1.87 bits per heavy atom. The molecule has 0 saturated carbocycles. The summed E-state index contributed by atoms with van der Waals surface area (Å²) in [7, 11) is 3.38. The molecule has 4 heteroatoms. The second-order valence-electron chi connectivity index (χ2n) is 3.42. The lowest BCUT2D eigenvalue weighted by molar-refractivity contribution is 0.169. The lowest BCUT2D eigenvalue weighted by atomic mass is 10.1. The van der Waals surface area contributed by atoms with E-state index in [1.165, 1.54) is 12.1 Å². The Kier molecular flexibility index (Phi) is 4.65. The Hall–Kier alpha value is -1.00. The van der Waals surface area contributed by atoms with E-state index in [1.807, 2.05) is 0 Å². The highest BCUT2D eigenvalue weighted by Gasteiger charge is 2.08. The highest BCUT2D eigenvalue weighted by atomic mass is 19.1. The fourth-order valence-electron chi connectivity index (χ4n) is 1.46. The van der Waals surface area contributed by atoms with Crippen molar-refractivity contribution in [3.63, 3.8) is 0 Å². The Balaban J connectivity index is 2.69. The molecule has 1 N–H and O–H groups in total. The topological polar surface area (TPSA) is 21.3 Å². The SMILES string of the molecule is CNC(COC)Cc1cc(F)cc(F)c1. The molecule has 0 aliphatic heterocycles. The lowest BCUT2D eigenvalue weighted by Crippen LogP contribution is -2.32. The molecule has 15 heavy (non-hydrogen) atoms. The van der Waals surface area contributed by atoms with Crippen molar-refractivity contribution in [2.45, 2.75) is 12.5 Å². The van der Waals surface area contributed by atoms with Crippen LogP contribution in [-0.4, -0.2) is 26.8 Å². The van der Waals surface area contributed by atoms with Crippen molar-refractivity contribution in [1.29, 1.82) is 0 Å². The molecule has 0 radical (unpaired) electrons. The number of halogens is 2. The van der Waals surface area contributed by atoms with Crippen molar-refractivity contribution in [3.8, 4) is 0 Å². The number of rotatable bonds is 5. The average Bonchev–Trinajstić information content (AvgIpc) is 2.15. The van der Waals surface area contributed by atoms with Gasteiger partial charge in [-0.05, 0) is 31.2 Å². The summed E-state index contributed by atoms with van der Waals surface area (Å²) in [6, 6.07) is 3.61. The first-order chi connectivity index (χ1) is 7.15. The number of hydrogen-bond acceptors (Lipinski definition) is 2. The van der Waals surface area contributed by atoms with Gasteiger partial charge in [0.25, 0.3) is 0 Å². The van der Waals surface area contributed by atoms with Gasteiger partial charge in [-0.25, -0.2) is 8.78 Å². The van der Waals surface area contributed by atoms with Crippen LogP contribution in [0.25, 0.3) is 0 Å². The van der Waals surface area contributed by atoms with Crippen LogP contribution in [0.3, 0.4) is 0 Å². The standard InChI is InChI=1S/C11H15F2NO/c1-14-11(7-15-2)5-8-3-9(12)6-10(13)4-8/h3-4,6,11,14H,5,7H2,1-2H3. The van der Waals surface area contributed by atoms with Crippen molar-refractivity contribution in [2.75, 3.05) is 20.8 Å². The molecule has 0 heterocycles. The summed E-state index contributed by atoms with van der Waals surface area (Å²) in [5, 5.41) is 3.02. The summed E-state index contributed by atoms with van der Waals surface area (Å²) in [4.78, 5) is 0. The van der Waals surface area contributed by atoms with Gasteiger partial charge in [0.05, 0.1) is 6.61 Å². The van der Waals surface area contributed by atoms with Gasteiger partial charge < -0.3 is 10.1 Å². The van der Waals surface area contributed by atoms with Gasteiger partial charge in [-0.15, -0.1) is 0 Å². The summed E-state index contributed by atoms with van der Waals surface area (Å²) < 4.78 is 30.7. The van der Waals surface area contributed by atoms with Crippen LogP contribution in [0.1, 0.15) is 5.56 Å². The summed E-state index contributed by atoms with van der Waals surface area (Å²) >= 11 is 0. The van der Waals surface area contributed by atoms with Gasteiger partial charge in [0, 0.05) is 19.2 Å². The van der Waals surface area contributed by atoms with Crippen LogP contribution in [0.2, 0.25) is 0 Å². The molecule has 0 aliphatic carbocycles. The smallest absolute Gasteiger partial charge is 0.126 e. The predicted octanol–water partition coefficient (Wildman–Crippen LogP) is 1.74. The maximum absolute atomic E-state index is 12.9. The molecule has 1 unspecified atom stereocenters. The zero-order valence-corrected chi connectivity index (χ0v) is 8.89. The molecule has 1 aromatic rings. The molecule has 1 atom stereocenters. The number of nitrogens with one attached hydrogen (secondary N) is 1. The fourth-order valence-corrected chi connectivity index (χ4v) is 1.46. The van der Waals surface area contributed by atoms with Crippen LogP contribution < -0.4 is 5.32 Å². The number of likely N-dealkylation sites (N-methyl/N-ethyl adjacent to an activating group) is 1. The van der Waals surface area contributed by atoms with Gasteiger partial charge in [0.15, 0.2) is 0 Å². The van der Waals surface area contributed by atoms with Gasteiger partial charge in [-0.1, -0.05) is 0 Å². The molecule has 84 valence electrons. The van der Waals surface area contributed by atoms with Gasteiger partial charge >= 0.3 is 0 Å². The molecule has 0 aromatic heterocycles. The number of methoxy groups -OCH3 is 1. The number of hydrogen-bond donors (Lipinski definition) is 1. The van der Waals surface area contributed by atoms with Crippen molar-refractivity contribution in [1.82, 2.24) is 5.32 Å². The Bertz CT molecular complexity index is 297. The number of ether oxygens (including phenoxy) is 1. The summed E-state index contributed by atoms with van der Waals surface area (Å²) in [6.45, 7) is 0.509. The zero-order chi connectivity index (χ0) is 11.3. The molecule has 2 nitrogen and oxygen atoms in total. The normalized spacial score (nSPS) is 12.8. The number of benzene rings is 1. The van der Waals surface area contributed by atoms with Crippen LogP contribution in [0.5, 0.6) is 0 Å². The van der Waals surface area contributed by atoms with Crippen molar-refractivity contribution in [2.24, 2.45) is 0 Å². The molecule has 0 saturated heterocycles. The van der Waals surface area contributed by atoms with Gasteiger partial charge in [-0.3, -0.25) is 0 Å². The second kappa shape index (κ2) is 5.78. The van der Waals surface area contributed by atoms with E-state index < -0.39 is 11.6 Å². The first kappa shape index (κ1) is 12.1. The molecule has 1 rings (SSSR count). The van der Waals surface area contributed by atoms with Crippen LogP contribution in [-0.2, 0) is 11.2 Å². The highest BCUT2D eigenvalue weighted by molar-refractivity contribution is 5.18. The van der Waals surface area contributed by atoms with Gasteiger partial charge in [-0.2, -0.15) is 0 Å². The van der Waals surface area contributed by atoms with E-state index >= 15 is 0 Å². The first-order valence-corrected chi connectivity index (χ1v) is 4.77. The third-order valence-corrected chi connectivity index (χ3v) is 2.18. The van der Waals surface area contributed by atoms with E-state index in [-0.39, 0.29) is 6.04 Å². The van der Waals surface area contributed by atoms with Crippen molar-refractivity contribution >= 4 is 0 Å². The van der Waals surface area contributed by atoms with E-state index in [2.05, 4.69) is 5.32 Å². The lowest BCUT2D eigenvalue weighted by Gasteiger charge is -2.15. The second-order valence-corrected chi connectivity index (χ2v) is 3.42. The fraction of sp³-hybridized carbons (Fsp3) is 0.455. The van der Waals surface area contributed by atoms with E-state index in [9.17, 15) is 8.78 Å². The summed E-state index contributed by atoms with van der Waals surface area (Å²) in [5.41, 5.74) is 0.629. The molecule has 0 aliphatic rings. The van der Waals surface area contributed by atoms with E-state index in [0.29, 0.717) is 18.6 Å². The molecule has 1 aromatic carbocycles. The van der Waals surface area contributed by atoms with E-state index in [4.69, 9.17) is 4.74 Å². The predicted molar refractivity (Wildman–Crippen MR) is 54.8 cm³/mol. The monoisotopic (exact) mass is 215 g/mol. The highest BCUT2D eigenvalue weighted by Crippen LogP contribution is 2.10. The van der Waals surface area contributed by atoms with Crippen molar-refractivity contribution in [3.05, 3.63) is 35.4 Å². The third-order valence-electron chi connectivity index (χ3n) is 2.18. The van der Waals surface area contributed by atoms with Crippen LogP contribution in [0.15, 0.2) is 18.2 Å². The quantitative estimate of drug-likeness (QED) is 0.807. The Labute approximate surface area is 88.3 Å². The average molecular weight is 215 g/mol. The minimum absolute atomic E-state index is 0.0659. The molecule has 0 bridgehead atoms. The minimum Gasteiger partial charge on any atom is -0.383 e. The molecular weight excluding hydrogens is 200 g/mol. The Morgan fingerprint density at radius 1 is 1.27 bits per heavy atom. The maximum atomic E-state index is 12.9. The van der Waals surface area contributed by atoms with E-state index in [1.54, 1.807) is 14.2 Å². The first-order valence-electron chi connectivity index (χ1n) is 4.77. The molecule has 0 amide bonds. The molecule has 0 fully saturated rings. The Morgan fingerprint density at radius 3 is 2.33 bits per heavy atom. The molecule has 0 spiro atoms.